The third-order valence-electron chi connectivity index (χ3n) is 9.96. The fraction of sp³-hybridized carbons (Fsp3) is 0.712. The Morgan fingerprint density at radius 3 is 1.14 bits per heavy atom. The molecule has 0 fully saturated rings. The first-order chi connectivity index (χ1) is 28.5. The Bertz CT molecular complexity index is 1110. The fourth-order valence-corrected chi connectivity index (χ4v) is 6.37. The summed E-state index contributed by atoms with van der Waals surface area (Å²) in [5.74, 6) is -1.01. The van der Waals surface area contributed by atoms with Crippen molar-refractivity contribution in [2.45, 2.75) is 226 Å². The minimum Gasteiger partial charge on any atom is -0.462 e. The molecule has 0 N–H and O–H groups in total. The van der Waals surface area contributed by atoms with E-state index in [9.17, 15) is 14.4 Å². The molecule has 0 saturated carbocycles. The molecule has 0 saturated heterocycles. The number of allylic oxidation sites excluding steroid dienone is 12. The van der Waals surface area contributed by atoms with Gasteiger partial charge in [0.15, 0.2) is 6.10 Å². The molecule has 58 heavy (non-hydrogen) atoms. The summed E-state index contributed by atoms with van der Waals surface area (Å²) in [5.41, 5.74) is 0. The van der Waals surface area contributed by atoms with Crippen molar-refractivity contribution >= 4 is 17.9 Å². The van der Waals surface area contributed by atoms with Gasteiger partial charge in [-0.1, -0.05) is 196 Å². The van der Waals surface area contributed by atoms with Crippen molar-refractivity contribution < 1.29 is 28.6 Å². The normalized spacial score (nSPS) is 12.7. The minimum atomic E-state index is -0.815. The third-order valence-corrected chi connectivity index (χ3v) is 9.96. The van der Waals surface area contributed by atoms with E-state index in [4.69, 9.17) is 14.2 Å². The number of hydrogen-bond donors (Lipinski definition) is 0. The monoisotopic (exact) mass is 809 g/mol. The lowest BCUT2D eigenvalue weighted by molar-refractivity contribution is -0.166. The number of rotatable bonds is 42. The second-order valence-corrected chi connectivity index (χ2v) is 15.6. The van der Waals surface area contributed by atoms with E-state index in [2.05, 4.69) is 81.5 Å². The van der Waals surface area contributed by atoms with E-state index in [0.29, 0.717) is 19.3 Å². The number of ether oxygens (including phenoxy) is 3. The van der Waals surface area contributed by atoms with Crippen LogP contribution < -0.4 is 0 Å². The van der Waals surface area contributed by atoms with Gasteiger partial charge >= 0.3 is 17.9 Å². The Kier molecular flexibility index (Phi) is 44.0. The largest absolute Gasteiger partial charge is 0.462 e. The Labute approximate surface area is 357 Å². The zero-order valence-corrected chi connectivity index (χ0v) is 37.8. The molecule has 0 aromatic heterocycles. The molecule has 0 amide bonds. The number of unbranched alkanes of at least 4 members (excludes halogenated alkanes) is 19. The van der Waals surface area contributed by atoms with Crippen molar-refractivity contribution in [1.82, 2.24) is 0 Å². The van der Waals surface area contributed by atoms with E-state index in [0.717, 1.165) is 89.9 Å². The van der Waals surface area contributed by atoms with Crippen LogP contribution >= 0.6 is 0 Å². The highest BCUT2D eigenvalue weighted by Crippen LogP contribution is 2.13. The summed E-state index contributed by atoms with van der Waals surface area (Å²) >= 11 is 0. The molecular weight excluding hydrogens is 721 g/mol. The molecule has 0 aliphatic heterocycles. The average molecular weight is 809 g/mol. The van der Waals surface area contributed by atoms with Gasteiger partial charge in [0, 0.05) is 19.3 Å². The van der Waals surface area contributed by atoms with Gasteiger partial charge in [-0.05, 0) is 77.0 Å². The number of carbonyl (C=O) groups excluding carboxylic acids is 3. The van der Waals surface area contributed by atoms with Gasteiger partial charge in [0.2, 0.25) is 0 Å². The molecule has 0 rings (SSSR count). The summed E-state index contributed by atoms with van der Waals surface area (Å²) in [5, 5.41) is 0. The molecule has 0 heterocycles. The SMILES string of the molecule is CC/C=C\C/C=C\C/C=C\C/C=C\CCC(=O)OC(COC(=O)CCCCCCC/C=C\C/C=C\CCCCCC)COC(=O)CCCCCCCCCCCCC. The van der Waals surface area contributed by atoms with Crippen LogP contribution in [0.15, 0.2) is 72.9 Å². The number of hydrogen-bond acceptors (Lipinski definition) is 6. The third kappa shape index (κ3) is 44.0. The maximum absolute atomic E-state index is 12.7. The van der Waals surface area contributed by atoms with E-state index in [1.165, 1.54) is 83.5 Å². The van der Waals surface area contributed by atoms with E-state index in [1.54, 1.807) is 0 Å². The van der Waals surface area contributed by atoms with Crippen molar-refractivity contribution in [3.05, 3.63) is 72.9 Å². The summed E-state index contributed by atoms with van der Waals surface area (Å²) in [6.45, 7) is 6.41. The molecule has 0 radical (unpaired) electrons. The van der Waals surface area contributed by atoms with E-state index < -0.39 is 12.1 Å². The molecule has 0 aromatic carbocycles. The van der Waals surface area contributed by atoms with Gasteiger partial charge in [-0.3, -0.25) is 14.4 Å². The second kappa shape index (κ2) is 46.5. The predicted octanol–water partition coefficient (Wildman–Crippen LogP) is 15.5. The Morgan fingerprint density at radius 2 is 0.707 bits per heavy atom. The van der Waals surface area contributed by atoms with E-state index in [-0.39, 0.29) is 31.6 Å². The Balaban J connectivity index is 4.48. The molecule has 1 atom stereocenters. The topological polar surface area (TPSA) is 78.9 Å². The van der Waals surface area contributed by atoms with Crippen LogP contribution in [0.4, 0.5) is 0 Å². The summed E-state index contributed by atoms with van der Waals surface area (Å²) in [7, 11) is 0. The van der Waals surface area contributed by atoms with Crippen LogP contribution in [-0.2, 0) is 28.6 Å². The van der Waals surface area contributed by atoms with Crippen LogP contribution in [0.3, 0.4) is 0 Å². The van der Waals surface area contributed by atoms with Gasteiger partial charge in [0.25, 0.3) is 0 Å². The highest BCUT2D eigenvalue weighted by Gasteiger charge is 2.19. The van der Waals surface area contributed by atoms with Crippen LogP contribution in [0.2, 0.25) is 0 Å². The molecule has 0 spiro atoms. The smallest absolute Gasteiger partial charge is 0.306 e. The zero-order chi connectivity index (χ0) is 42.3. The van der Waals surface area contributed by atoms with Gasteiger partial charge in [0.05, 0.1) is 0 Å². The fourth-order valence-electron chi connectivity index (χ4n) is 6.37. The van der Waals surface area contributed by atoms with Crippen molar-refractivity contribution in [2.75, 3.05) is 13.2 Å². The first-order valence-corrected chi connectivity index (χ1v) is 23.9. The minimum absolute atomic E-state index is 0.108. The lowest BCUT2D eigenvalue weighted by atomic mass is 10.1. The second-order valence-electron chi connectivity index (χ2n) is 15.6. The molecule has 1 unspecified atom stereocenters. The molecule has 6 nitrogen and oxygen atoms in total. The molecule has 332 valence electrons. The lowest BCUT2D eigenvalue weighted by Crippen LogP contribution is -2.30. The van der Waals surface area contributed by atoms with Crippen molar-refractivity contribution in [1.29, 1.82) is 0 Å². The molecule has 0 bridgehead atoms. The first kappa shape index (κ1) is 54.9. The van der Waals surface area contributed by atoms with Gasteiger partial charge < -0.3 is 14.2 Å². The lowest BCUT2D eigenvalue weighted by Gasteiger charge is -2.18. The van der Waals surface area contributed by atoms with E-state index >= 15 is 0 Å². The maximum atomic E-state index is 12.7. The number of carbonyl (C=O) groups is 3. The standard InChI is InChI=1S/C52H88O6/c1-4-7-10-13-16-19-22-24-25-26-28-30-33-36-39-42-45-51(54)57-48-49(47-56-50(53)44-41-38-35-32-29-21-18-15-12-9-6-3)58-52(55)46-43-40-37-34-31-27-23-20-17-14-11-8-5-2/h8,11,17,19-20,22,25-27,31,37,40,49H,4-7,9-10,12-16,18,21,23-24,28-30,32-36,38-39,41-48H2,1-3H3/b11-8-,20-17-,22-19-,26-25-,31-27-,40-37-. The van der Waals surface area contributed by atoms with Crippen LogP contribution in [0.5, 0.6) is 0 Å². The molecule has 0 aliphatic rings. The number of esters is 3. The molecule has 6 heteroatoms. The Hall–Kier alpha value is -3.15. The summed E-state index contributed by atoms with van der Waals surface area (Å²) < 4.78 is 16.6. The first-order valence-electron chi connectivity index (χ1n) is 23.9. The van der Waals surface area contributed by atoms with Crippen LogP contribution in [0.1, 0.15) is 220 Å². The summed E-state index contributed by atoms with van der Waals surface area (Å²) in [6, 6.07) is 0. The maximum Gasteiger partial charge on any atom is 0.306 e. The molecule has 0 aliphatic carbocycles. The summed E-state index contributed by atoms with van der Waals surface area (Å²) in [6.07, 6.45) is 57.5. The van der Waals surface area contributed by atoms with Crippen molar-refractivity contribution in [3.63, 3.8) is 0 Å². The van der Waals surface area contributed by atoms with Crippen molar-refractivity contribution in [3.8, 4) is 0 Å². The van der Waals surface area contributed by atoms with Gasteiger partial charge in [-0.2, -0.15) is 0 Å². The quantitative estimate of drug-likeness (QED) is 0.0264. The van der Waals surface area contributed by atoms with Crippen molar-refractivity contribution in [2.24, 2.45) is 0 Å². The van der Waals surface area contributed by atoms with Crippen LogP contribution in [-0.4, -0.2) is 37.2 Å². The van der Waals surface area contributed by atoms with E-state index in [1.807, 2.05) is 12.2 Å². The Morgan fingerprint density at radius 1 is 0.362 bits per heavy atom. The highest BCUT2D eigenvalue weighted by molar-refractivity contribution is 5.71. The van der Waals surface area contributed by atoms with Gasteiger partial charge in [-0.15, -0.1) is 0 Å². The molecule has 0 aromatic rings. The van der Waals surface area contributed by atoms with Gasteiger partial charge in [-0.25, -0.2) is 0 Å². The highest BCUT2D eigenvalue weighted by atomic mass is 16.6. The predicted molar refractivity (Wildman–Crippen MR) is 247 cm³/mol. The zero-order valence-electron chi connectivity index (χ0n) is 37.8. The van der Waals surface area contributed by atoms with Crippen LogP contribution in [0, 0.1) is 0 Å². The van der Waals surface area contributed by atoms with Gasteiger partial charge in [0.1, 0.15) is 13.2 Å². The molecular formula is C52H88O6. The van der Waals surface area contributed by atoms with Crippen LogP contribution in [0.25, 0.3) is 0 Å². The summed E-state index contributed by atoms with van der Waals surface area (Å²) in [4.78, 5) is 37.8. The average Bonchev–Trinajstić information content (AvgIpc) is 3.22.